The molecule has 0 amide bonds. The lowest BCUT2D eigenvalue weighted by atomic mass is 9.99. The monoisotopic (exact) mass is 279 g/mol. The molecule has 2 rings (SSSR count). The summed E-state index contributed by atoms with van der Waals surface area (Å²) in [7, 11) is 3.33. The molecule has 1 aliphatic carbocycles. The van der Waals surface area contributed by atoms with Gasteiger partial charge in [-0.05, 0) is 50.7 Å². The normalized spacial score (nSPS) is 15.8. The lowest BCUT2D eigenvalue weighted by Crippen LogP contribution is -2.19. The zero-order valence-electron chi connectivity index (χ0n) is 12.9. The molecule has 0 radical (unpaired) electrons. The number of ether oxygens (including phenoxy) is 3. The van der Waals surface area contributed by atoms with Crippen molar-refractivity contribution in [3.8, 4) is 17.2 Å². The van der Waals surface area contributed by atoms with Gasteiger partial charge in [0.2, 0.25) is 5.75 Å². The lowest BCUT2D eigenvalue weighted by molar-refractivity contribution is 0.262. The first kappa shape index (κ1) is 15.0. The molecule has 1 aliphatic rings. The fourth-order valence-electron chi connectivity index (χ4n) is 2.34. The highest BCUT2D eigenvalue weighted by Gasteiger charge is 2.25. The third-order valence-corrected chi connectivity index (χ3v) is 3.64. The Morgan fingerprint density at radius 3 is 2.45 bits per heavy atom. The smallest absolute Gasteiger partial charge is 0.203 e. The molecule has 1 unspecified atom stereocenters. The summed E-state index contributed by atoms with van der Waals surface area (Å²) >= 11 is 0. The Balaban J connectivity index is 2.37. The average Bonchev–Trinajstić information content (AvgIpc) is 3.22. The predicted molar refractivity (Wildman–Crippen MR) is 79.9 cm³/mol. The van der Waals surface area contributed by atoms with Crippen molar-refractivity contribution in [1.82, 2.24) is 0 Å². The number of hydrogen-bond donors (Lipinski definition) is 1. The van der Waals surface area contributed by atoms with Gasteiger partial charge in [0.15, 0.2) is 11.5 Å². The molecular weight excluding hydrogens is 254 g/mol. The van der Waals surface area contributed by atoms with Crippen molar-refractivity contribution < 1.29 is 14.2 Å². The second-order valence-corrected chi connectivity index (χ2v) is 5.67. The summed E-state index contributed by atoms with van der Waals surface area (Å²) < 4.78 is 17.0. The first-order valence-electron chi connectivity index (χ1n) is 7.19. The van der Waals surface area contributed by atoms with E-state index in [1.165, 1.54) is 12.8 Å². The summed E-state index contributed by atoms with van der Waals surface area (Å²) in [6.45, 7) is 4.77. The Morgan fingerprint density at radius 1 is 1.25 bits per heavy atom. The summed E-state index contributed by atoms with van der Waals surface area (Å²) in [5, 5.41) is 0. The molecule has 0 spiro atoms. The van der Waals surface area contributed by atoms with Gasteiger partial charge in [-0.25, -0.2) is 0 Å². The van der Waals surface area contributed by atoms with Crippen LogP contribution in [-0.2, 0) is 6.42 Å². The summed E-state index contributed by atoms with van der Waals surface area (Å²) in [4.78, 5) is 0. The standard InChI is InChI=1S/C16H25NO3/c1-10-7-14(18-3)16(20-9-12-5-6-12)15(19-4)13(10)8-11(2)17/h7,11-12H,5-6,8-9,17H2,1-4H3. The van der Waals surface area contributed by atoms with Gasteiger partial charge in [-0.15, -0.1) is 0 Å². The molecule has 1 fully saturated rings. The molecule has 112 valence electrons. The number of rotatable bonds is 7. The zero-order chi connectivity index (χ0) is 14.7. The van der Waals surface area contributed by atoms with E-state index in [1.54, 1.807) is 14.2 Å². The molecule has 4 nitrogen and oxygen atoms in total. The van der Waals surface area contributed by atoms with E-state index in [2.05, 4.69) is 0 Å². The minimum atomic E-state index is 0.0762. The van der Waals surface area contributed by atoms with Crippen molar-refractivity contribution in [2.45, 2.75) is 39.2 Å². The van der Waals surface area contributed by atoms with Crippen LogP contribution in [0, 0.1) is 12.8 Å². The Labute approximate surface area is 121 Å². The van der Waals surface area contributed by atoms with Crippen LogP contribution < -0.4 is 19.9 Å². The van der Waals surface area contributed by atoms with E-state index >= 15 is 0 Å². The summed E-state index contributed by atoms with van der Waals surface area (Å²) in [6, 6.07) is 2.08. The Kier molecular flexibility index (Phi) is 4.76. The van der Waals surface area contributed by atoms with Gasteiger partial charge in [-0.2, -0.15) is 0 Å². The minimum Gasteiger partial charge on any atom is -0.493 e. The van der Waals surface area contributed by atoms with Crippen molar-refractivity contribution in [1.29, 1.82) is 0 Å². The van der Waals surface area contributed by atoms with Gasteiger partial charge in [0, 0.05) is 11.6 Å². The number of nitrogens with two attached hydrogens (primary N) is 1. The number of aryl methyl sites for hydroxylation is 1. The maximum atomic E-state index is 5.96. The van der Waals surface area contributed by atoms with Crippen LogP contribution in [-0.4, -0.2) is 26.9 Å². The van der Waals surface area contributed by atoms with E-state index in [4.69, 9.17) is 19.9 Å². The van der Waals surface area contributed by atoms with Gasteiger partial charge in [0.25, 0.3) is 0 Å². The Bertz CT molecular complexity index is 467. The molecule has 4 heteroatoms. The van der Waals surface area contributed by atoms with Crippen molar-refractivity contribution in [2.75, 3.05) is 20.8 Å². The lowest BCUT2D eigenvalue weighted by Gasteiger charge is -2.20. The minimum absolute atomic E-state index is 0.0762. The van der Waals surface area contributed by atoms with E-state index in [1.807, 2.05) is 19.9 Å². The maximum Gasteiger partial charge on any atom is 0.203 e. The second-order valence-electron chi connectivity index (χ2n) is 5.67. The van der Waals surface area contributed by atoms with E-state index in [-0.39, 0.29) is 6.04 Å². The second kappa shape index (κ2) is 6.35. The van der Waals surface area contributed by atoms with Crippen LogP contribution in [0.15, 0.2) is 6.07 Å². The molecule has 0 aromatic heterocycles. The largest absolute Gasteiger partial charge is 0.493 e. The molecule has 2 N–H and O–H groups in total. The van der Waals surface area contributed by atoms with Gasteiger partial charge in [-0.3, -0.25) is 0 Å². The van der Waals surface area contributed by atoms with Gasteiger partial charge in [0.1, 0.15) is 0 Å². The fraction of sp³-hybridized carbons (Fsp3) is 0.625. The summed E-state index contributed by atoms with van der Waals surface area (Å²) in [6.07, 6.45) is 3.27. The molecular formula is C16H25NO3. The quantitative estimate of drug-likeness (QED) is 0.833. The first-order chi connectivity index (χ1) is 9.56. The highest BCUT2D eigenvalue weighted by Crippen LogP contribution is 2.43. The van der Waals surface area contributed by atoms with E-state index in [9.17, 15) is 0 Å². The van der Waals surface area contributed by atoms with Crippen molar-refractivity contribution in [3.05, 3.63) is 17.2 Å². The number of methoxy groups -OCH3 is 2. The number of hydrogen-bond acceptors (Lipinski definition) is 4. The summed E-state index contributed by atoms with van der Waals surface area (Å²) in [5.41, 5.74) is 8.17. The highest BCUT2D eigenvalue weighted by molar-refractivity contribution is 5.59. The maximum absolute atomic E-state index is 5.96. The van der Waals surface area contributed by atoms with Crippen LogP contribution >= 0.6 is 0 Å². The molecule has 0 saturated heterocycles. The van der Waals surface area contributed by atoms with Gasteiger partial charge in [-0.1, -0.05) is 0 Å². The van der Waals surface area contributed by atoms with Crippen LogP contribution in [0.3, 0.4) is 0 Å². The molecule has 0 bridgehead atoms. The molecule has 1 saturated carbocycles. The van der Waals surface area contributed by atoms with Crippen LogP contribution in [0.4, 0.5) is 0 Å². The zero-order valence-corrected chi connectivity index (χ0v) is 12.9. The van der Waals surface area contributed by atoms with E-state index < -0.39 is 0 Å². The van der Waals surface area contributed by atoms with Crippen molar-refractivity contribution in [3.63, 3.8) is 0 Å². The molecule has 1 aromatic carbocycles. The van der Waals surface area contributed by atoms with Crippen molar-refractivity contribution >= 4 is 0 Å². The predicted octanol–water partition coefficient (Wildman–Crippen LogP) is 2.69. The van der Waals surface area contributed by atoms with Gasteiger partial charge in [0.05, 0.1) is 20.8 Å². The molecule has 1 aromatic rings. The molecule has 1 atom stereocenters. The summed E-state index contributed by atoms with van der Waals surface area (Å²) in [5.74, 6) is 2.89. The first-order valence-corrected chi connectivity index (χ1v) is 7.19. The SMILES string of the molecule is COc1cc(C)c(CC(C)N)c(OC)c1OCC1CC1. The van der Waals surface area contributed by atoms with Gasteiger partial charge < -0.3 is 19.9 Å². The van der Waals surface area contributed by atoms with Gasteiger partial charge >= 0.3 is 0 Å². The molecule has 20 heavy (non-hydrogen) atoms. The highest BCUT2D eigenvalue weighted by atomic mass is 16.5. The fourth-order valence-corrected chi connectivity index (χ4v) is 2.34. The Morgan fingerprint density at radius 2 is 1.95 bits per heavy atom. The van der Waals surface area contributed by atoms with Crippen LogP contribution in [0.2, 0.25) is 0 Å². The topological polar surface area (TPSA) is 53.7 Å². The van der Waals surface area contributed by atoms with Crippen LogP contribution in [0.1, 0.15) is 30.9 Å². The molecule has 0 aliphatic heterocycles. The number of benzene rings is 1. The van der Waals surface area contributed by atoms with Crippen LogP contribution in [0.25, 0.3) is 0 Å². The van der Waals surface area contributed by atoms with E-state index in [0.717, 1.165) is 35.7 Å². The third-order valence-electron chi connectivity index (χ3n) is 3.64. The molecule has 0 heterocycles. The third kappa shape index (κ3) is 3.37. The van der Waals surface area contributed by atoms with Crippen molar-refractivity contribution in [2.24, 2.45) is 11.7 Å². The van der Waals surface area contributed by atoms with Crippen LogP contribution in [0.5, 0.6) is 17.2 Å². The van der Waals surface area contributed by atoms with E-state index in [0.29, 0.717) is 11.7 Å². The average molecular weight is 279 g/mol. The Hall–Kier alpha value is -1.42.